The third-order valence-corrected chi connectivity index (χ3v) is 2.75. The molecule has 0 saturated carbocycles. The lowest BCUT2D eigenvalue weighted by molar-refractivity contribution is -0.137. The number of carbonyl (C=O) groups excluding carboxylic acids is 1. The SMILES string of the molecule is CC(CCNC(C)C(=O)N(C)C)CCC(=O)O. The molecule has 0 saturated heterocycles. The zero-order valence-electron chi connectivity index (χ0n) is 11.2. The van der Waals surface area contributed by atoms with Crippen LogP contribution in [0.3, 0.4) is 0 Å². The highest BCUT2D eigenvalue weighted by Crippen LogP contribution is 2.09. The van der Waals surface area contributed by atoms with Crippen LogP contribution in [0.25, 0.3) is 0 Å². The van der Waals surface area contributed by atoms with E-state index in [1.54, 1.807) is 19.0 Å². The van der Waals surface area contributed by atoms with Gasteiger partial charge in [-0.1, -0.05) is 6.92 Å². The lowest BCUT2D eigenvalue weighted by atomic mass is 10.0. The van der Waals surface area contributed by atoms with Crippen molar-refractivity contribution in [1.29, 1.82) is 0 Å². The molecule has 0 aliphatic heterocycles. The number of nitrogens with one attached hydrogen (secondary N) is 1. The van der Waals surface area contributed by atoms with Crippen molar-refractivity contribution < 1.29 is 14.7 Å². The van der Waals surface area contributed by atoms with Gasteiger partial charge < -0.3 is 15.3 Å². The third kappa shape index (κ3) is 7.74. The number of carbonyl (C=O) groups is 2. The Morgan fingerprint density at radius 1 is 1.24 bits per heavy atom. The fourth-order valence-electron chi connectivity index (χ4n) is 1.54. The van der Waals surface area contributed by atoms with Crippen molar-refractivity contribution in [1.82, 2.24) is 10.2 Å². The summed E-state index contributed by atoms with van der Waals surface area (Å²) in [5.74, 6) is -0.329. The first-order chi connectivity index (χ1) is 7.84. The molecule has 5 nitrogen and oxygen atoms in total. The Labute approximate surface area is 103 Å². The molecule has 0 rings (SSSR count). The van der Waals surface area contributed by atoms with Gasteiger partial charge in [-0.05, 0) is 32.2 Å². The Balaban J connectivity index is 3.69. The first-order valence-corrected chi connectivity index (χ1v) is 6.01. The van der Waals surface area contributed by atoms with Crippen molar-refractivity contribution in [3.05, 3.63) is 0 Å². The predicted octanol–water partition coefficient (Wildman–Crippen LogP) is 0.944. The average Bonchev–Trinajstić information content (AvgIpc) is 2.24. The monoisotopic (exact) mass is 244 g/mol. The lowest BCUT2D eigenvalue weighted by Gasteiger charge is -2.19. The van der Waals surface area contributed by atoms with Crippen LogP contribution >= 0.6 is 0 Å². The molecule has 2 atom stereocenters. The normalized spacial score (nSPS) is 14.1. The van der Waals surface area contributed by atoms with Crippen molar-refractivity contribution in [2.75, 3.05) is 20.6 Å². The molecular weight excluding hydrogens is 220 g/mol. The Bertz CT molecular complexity index is 254. The molecule has 2 N–H and O–H groups in total. The molecule has 2 unspecified atom stereocenters. The summed E-state index contributed by atoms with van der Waals surface area (Å²) in [4.78, 5) is 23.5. The highest BCUT2D eigenvalue weighted by atomic mass is 16.4. The van der Waals surface area contributed by atoms with E-state index in [-0.39, 0.29) is 18.4 Å². The second kappa shape index (κ2) is 8.06. The average molecular weight is 244 g/mol. The van der Waals surface area contributed by atoms with Crippen LogP contribution in [0.15, 0.2) is 0 Å². The van der Waals surface area contributed by atoms with Crippen LogP contribution in [-0.2, 0) is 9.59 Å². The first kappa shape index (κ1) is 15.9. The van der Waals surface area contributed by atoms with E-state index in [0.29, 0.717) is 12.3 Å². The summed E-state index contributed by atoms with van der Waals surface area (Å²) in [7, 11) is 3.46. The molecule has 0 aliphatic rings. The van der Waals surface area contributed by atoms with Gasteiger partial charge in [-0.25, -0.2) is 0 Å². The number of hydrogen-bond donors (Lipinski definition) is 2. The summed E-state index contributed by atoms with van der Waals surface area (Å²) in [5, 5.41) is 11.7. The summed E-state index contributed by atoms with van der Waals surface area (Å²) in [6.07, 6.45) is 1.79. The minimum atomic E-state index is -0.749. The topological polar surface area (TPSA) is 69.6 Å². The van der Waals surface area contributed by atoms with E-state index in [2.05, 4.69) is 5.32 Å². The number of hydrogen-bond acceptors (Lipinski definition) is 3. The molecule has 0 aliphatic carbocycles. The van der Waals surface area contributed by atoms with E-state index in [9.17, 15) is 9.59 Å². The fraction of sp³-hybridized carbons (Fsp3) is 0.833. The van der Waals surface area contributed by atoms with Crippen LogP contribution in [-0.4, -0.2) is 48.6 Å². The maximum absolute atomic E-state index is 11.5. The molecule has 0 fully saturated rings. The fourth-order valence-corrected chi connectivity index (χ4v) is 1.54. The summed E-state index contributed by atoms with van der Waals surface area (Å²) < 4.78 is 0. The maximum Gasteiger partial charge on any atom is 0.303 e. The largest absolute Gasteiger partial charge is 0.481 e. The van der Waals surface area contributed by atoms with Crippen LogP contribution in [0.5, 0.6) is 0 Å². The van der Waals surface area contributed by atoms with Gasteiger partial charge in [-0.15, -0.1) is 0 Å². The third-order valence-electron chi connectivity index (χ3n) is 2.75. The molecule has 0 bridgehead atoms. The van der Waals surface area contributed by atoms with Crippen molar-refractivity contribution >= 4 is 11.9 Å². The van der Waals surface area contributed by atoms with Crippen LogP contribution in [0.4, 0.5) is 0 Å². The number of carboxylic acids is 1. The van der Waals surface area contributed by atoms with Gasteiger partial charge in [-0.2, -0.15) is 0 Å². The molecule has 1 amide bonds. The summed E-state index contributed by atoms with van der Waals surface area (Å²) in [5.41, 5.74) is 0. The molecule has 0 spiro atoms. The Morgan fingerprint density at radius 2 is 1.82 bits per heavy atom. The molecule has 100 valence electrons. The molecule has 0 heterocycles. The number of aliphatic carboxylic acids is 1. The Morgan fingerprint density at radius 3 is 2.29 bits per heavy atom. The van der Waals surface area contributed by atoms with Crippen LogP contribution < -0.4 is 5.32 Å². The number of likely N-dealkylation sites (N-methyl/N-ethyl adjacent to an activating group) is 1. The molecule has 0 aromatic heterocycles. The van der Waals surface area contributed by atoms with E-state index >= 15 is 0 Å². The van der Waals surface area contributed by atoms with Crippen LogP contribution in [0, 0.1) is 5.92 Å². The van der Waals surface area contributed by atoms with Gasteiger partial charge in [0, 0.05) is 20.5 Å². The smallest absolute Gasteiger partial charge is 0.303 e. The highest BCUT2D eigenvalue weighted by molar-refractivity contribution is 5.80. The highest BCUT2D eigenvalue weighted by Gasteiger charge is 2.14. The number of amides is 1. The molecule has 0 aromatic carbocycles. The zero-order chi connectivity index (χ0) is 13.4. The van der Waals surface area contributed by atoms with Gasteiger partial charge in [-0.3, -0.25) is 9.59 Å². The number of nitrogens with zero attached hydrogens (tertiary/aromatic N) is 1. The summed E-state index contributed by atoms with van der Waals surface area (Å²) in [6, 6.07) is -0.184. The molecule has 0 aromatic rings. The lowest BCUT2D eigenvalue weighted by Crippen LogP contribution is -2.42. The molecule has 17 heavy (non-hydrogen) atoms. The second-order valence-electron chi connectivity index (χ2n) is 4.73. The van der Waals surface area contributed by atoms with Crippen LogP contribution in [0.2, 0.25) is 0 Å². The van der Waals surface area contributed by atoms with Crippen LogP contribution in [0.1, 0.15) is 33.1 Å². The maximum atomic E-state index is 11.5. The summed E-state index contributed by atoms with van der Waals surface area (Å²) in [6.45, 7) is 4.61. The standard InChI is InChI=1S/C12H24N2O3/c1-9(5-6-11(15)16)7-8-13-10(2)12(17)14(3)4/h9-10,13H,5-8H2,1-4H3,(H,15,16). The minimum Gasteiger partial charge on any atom is -0.481 e. The van der Waals surface area contributed by atoms with Gasteiger partial charge in [0.05, 0.1) is 6.04 Å². The van der Waals surface area contributed by atoms with Crippen molar-refractivity contribution in [2.24, 2.45) is 5.92 Å². The van der Waals surface area contributed by atoms with E-state index < -0.39 is 5.97 Å². The van der Waals surface area contributed by atoms with E-state index in [0.717, 1.165) is 13.0 Å². The van der Waals surface area contributed by atoms with E-state index in [1.165, 1.54) is 0 Å². The minimum absolute atomic E-state index is 0.0585. The number of rotatable bonds is 8. The zero-order valence-corrected chi connectivity index (χ0v) is 11.2. The van der Waals surface area contributed by atoms with E-state index in [4.69, 9.17) is 5.11 Å². The summed E-state index contributed by atoms with van der Waals surface area (Å²) >= 11 is 0. The van der Waals surface area contributed by atoms with Crippen molar-refractivity contribution in [3.63, 3.8) is 0 Å². The van der Waals surface area contributed by atoms with Gasteiger partial charge in [0.2, 0.25) is 5.91 Å². The van der Waals surface area contributed by atoms with Gasteiger partial charge >= 0.3 is 5.97 Å². The van der Waals surface area contributed by atoms with E-state index in [1.807, 2.05) is 13.8 Å². The van der Waals surface area contributed by atoms with Crippen molar-refractivity contribution in [3.8, 4) is 0 Å². The predicted molar refractivity (Wildman–Crippen MR) is 66.8 cm³/mol. The Hall–Kier alpha value is -1.10. The molecule has 5 heteroatoms. The Kier molecular flexibility index (Phi) is 7.54. The molecular formula is C12H24N2O3. The van der Waals surface area contributed by atoms with Gasteiger partial charge in [0.25, 0.3) is 0 Å². The first-order valence-electron chi connectivity index (χ1n) is 6.01. The quantitative estimate of drug-likeness (QED) is 0.667. The van der Waals surface area contributed by atoms with Gasteiger partial charge in [0.1, 0.15) is 0 Å². The molecule has 0 radical (unpaired) electrons. The number of carboxylic acid groups (broad SMARTS) is 1. The van der Waals surface area contributed by atoms with Crippen molar-refractivity contribution in [2.45, 2.75) is 39.2 Å². The second-order valence-corrected chi connectivity index (χ2v) is 4.73. The van der Waals surface area contributed by atoms with Gasteiger partial charge in [0.15, 0.2) is 0 Å².